The molecule has 1 aromatic carbocycles. The molecule has 0 aliphatic heterocycles. The molecule has 1 atom stereocenters. The van der Waals surface area contributed by atoms with Crippen LogP contribution < -0.4 is 5.32 Å². The van der Waals surface area contributed by atoms with Gasteiger partial charge in [0.05, 0.1) is 10.8 Å². The number of hydrogen-bond donors (Lipinski definition) is 1. The van der Waals surface area contributed by atoms with E-state index in [-0.39, 0.29) is 11.2 Å². The molecule has 0 spiro atoms. The maximum absolute atomic E-state index is 12.8. The van der Waals surface area contributed by atoms with Crippen LogP contribution in [0.15, 0.2) is 29.3 Å². The summed E-state index contributed by atoms with van der Waals surface area (Å²) in [4.78, 5) is 17.6. The van der Waals surface area contributed by atoms with Crippen molar-refractivity contribution in [3.63, 3.8) is 0 Å². The minimum absolute atomic E-state index is 0.104. The number of anilines is 1. The summed E-state index contributed by atoms with van der Waals surface area (Å²) in [7, 11) is 0. The molecule has 0 fully saturated rings. The van der Waals surface area contributed by atoms with Crippen LogP contribution in [0.4, 0.5) is 5.69 Å². The Morgan fingerprint density at radius 3 is 2.82 bits per heavy atom. The Labute approximate surface area is 175 Å². The minimum atomic E-state index is -0.330. The number of thioether (sulfide) groups is 1. The van der Waals surface area contributed by atoms with E-state index in [1.807, 2.05) is 32.0 Å². The van der Waals surface area contributed by atoms with Gasteiger partial charge in [-0.05, 0) is 68.4 Å². The topological polar surface area (TPSA) is 65.8 Å². The van der Waals surface area contributed by atoms with Gasteiger partial charge in [0.25, 0.3) is 0 Å². The smallest absolute Gasteiger partial charge is 0.237 e. The summed E-state index contributed by atoms with van der Waals surface area (Å²) in [5, 5.41) is 13.5. The van der Waals surface area contributed by atoms with Crippen molar-refractivity contribution in [3.8, 4) is 6.07 Å². The van der Waals surface area contributed by atoms with Crippen molar-refractivity contribution in [2.75, 3.05) is 5.32 Å². The first-order valence-corrected chi connectivity index (χ1v) is 10.9. The van der Waals surface area contributed by atoms with Gasteiger partial charge < -0.3 is 5.32 Å². The van der Waals surface area contributed by atoms with E-state index in [0.717, 1.165) is 36.9 Å². The third kappa shape index (κ3) is 4.87. The molecule has 1 N–H and O–H groups in total. The molecule has 0 bridgehead atoms. The predicted octanol–water partition coefficient (Wildman–Crippen LogP) is 5.69. The van der Waals surface area contributed by atoms with Crippen LogP contribution in [0.1, 0.15) is 55.0 Å². The molecule has 6 heteroatoms. The largest absolute Gasteiger partial charge is 0.325 e. The van der Waals surface area contributed by atoms with E-state index in [4.69, 9.17) is 16.6 Å². The zero-order chi connectivity index (χ0) is 20.1. The van der Waals surface area contributed by atoms with Gasteiger partial charge in [-0.1, -0.05) is 42.8 Å². The van der Waals surface area contributed by atoms with Crippen molar-refractivity contribution in [1.29, 1.82) is 5.26 Å². The second-order valence-corrected chi connectivity index (χ2v) is 8.69. The molecular weight excluding hydrogens is 390 g/mol. The molecule has 1 heterocycles. The average molecular weight is 414 g/mol. The fourth-order valence-electron chi connectivity index (χ4n) is 3.31. The minimum Gasteiger partial charge on any atom is -0.325 e. The molecule has 1 aromatic heterocycles. The zero-order valence-corrected chi connectivity index (χ0v) is 17.8. The Morgan fingerprint density at radius 2 is 2.11 bits per heavy atom. The highest BCUT2D eigenvalue weighted by Gasteiger charge is 2.22. The summed E-state index contributed by atoms with van der Waals surface area (Å²) >= 11 is 7.53. The standard InChI is InChI=1S/C22H24ClN3OS/c1-3-20(21(27)25-17-10-9-14(2)18(23)12-17)28-22-16(13-24)11-15-7-5-4-6-8-19(15)26-22/h9-12,20H,3-8H2,1-2H3,(H,25,27). The third-order valence-corrected chi connectivity index (χ3v) is 6.77. The van der Waals surface area contributed by atoms with Crippen molar-refractivity contribution in [2.24, 2.45) is 0 Å². The van der Waals surface area contributed by atoms with Crippen molar-refractivity contribution < 1.29 is 4.79 Å². The number of aryl methyl sites for hydroxylation is 3. The van der Waals surface area contributed by atoms with Gasteiger partial charge in [-0.3, -0.25) is 4.79 Å². The van der Waals surface area contributed by atoms with E-state index < -0.39 is 0 Å². The Balaban J connectivity index is 1.80. The van der Waals surface area contributed by atoms with Crippen LogP contribution in [-0.4, -0.2) is 16.1 Å². The first kappa shape index (κ1) is 20.7. The Morgan fingerprint density at radius 1 is 1.32 bits per heavy atom. The number of pyridine rings is 1. The Kier molecular flexibility index (Phi) is 6.98. The second-order valence-electron chi connectivity index (χ2n) is 7.09. The van der Waals surface area contributed by atoms with Crippen molar-refractivity contribution in [2.45, 2.75) is 62.6 Å². The average Bonchev–Trinajstić information content (AvgIpc) is 2.92. The van der Waals surface area contributed by atoms with E-state index in [1.165, 1.54) is 23.7 Å². The van der Waals surface area contributed by atoms with Gasteiger partial charge in [0.15, 0.2) is 0 Å². The summed E-state index contributed by atoms with van der Waals surface area (Å²) < 4.78 is 0. The molecule has 0 saturated carbocycles. The number of fused-ring (bicyclic) bond motifs is 1. The third-order valence-electron chi connectivity index (χ3n) is 4.99. The van der Waals surface area contributed by atoms with Gasteiger partial charge in [-0.2, -0.15) is 5.26 Å². The number of nitriles is 1. The zero-order valence-electron chi connectivity index (χ0n) is 16.2. The summed E-state index contributed by atoms with van der Waals surface area (Å²) in [6.45, 7) is 3.89. The van der Waals surface area contributed by atoms with Crippen LogP contribution in [0.5, 0.6) is 0 Å². The summed E-state index contributed by atoms with van der Waals surface area (Å²) in [6.07, 6.45) is 6.03. The number of nitrogens with zero attached hydrogens (tertiary/aromatic N) is 2. The molecule has 3 rings (SSSR count). The van der Waals surface area contributed by atoms with Crippen LogP contribution >= 0.6 is 23.4 Å². The molecule has 1 aliphatic rings. The molecule has 1 aliphatic carbocycles. The maximum atomic E-state index is 12.8. The summed E-state index contributed by atoms with van der Waals surface area (Å²) in [5.41, 5.74) is 4.48. The lowest BCUT2D eigenvalue weighted by atomic mass is 10.1. The van der Waals surface area contributed by atoms with Gasteiger partial charge >= 0.3 is 0 Å². The first-order chi connectivity index (χ1) is 13.5. The van der Waals surface area contributed by atoms with E-state index in [1.54, 1.807) is 6.07 Å². The van der Waals surface area contributed by atoms with E-state index >= 15 is 0 Å². The van der Waals surface area contributed by atoms with Crippen LogP contribution in [-0.2, 0) is 17.6 Å². The molecule has 0 saturated heterocycles. The number of halogens is 1. The first-order valence-electron chi connectivity index (χ1n) is 9.68. The van der Waals surface area contributed by atoms with Crippen LogP contribution in [0.2, 0.25) is 5.02 Å². The number of carbonyl (C=O) groups excluding carboxylic acids is 1. The molecule has 4 nitrogen and oxygen atoms in total. The number of hydrogen-bond acceptors (Lipinski definition) is 4. The molecule has 1 amide bonds. The number of benzene rings is 1. The van der Waals surface area contributed by atoms with Gasteiger partial charge in [0.2, 0.25) is 5.91 Å². The molecule has 146 valence electrons. The molecular formula is C22H24ClN3OS. The van der Waals surface area contributed by atoms with Gasteiger partial charge in [0.1, 0.15) is 11.1 Å². The summed E-state index contributed by atoms with van der Waals surface area (Å²) in [6, 6.07) is 9.72. The second kappa shape index (κ2) is 9.45. The Bertz CT molecular complexity index is 923. The van der Waals surface area contributed by atoms with E-state index in [2.05, 4.69) is 11.4 Å². The van der Waals surface area contributed by atoms with Crippen LogP contribution in [0, 0.1) is 18.3 Å². The Hall–Kier alpha value is -2.03. The number of carbonyl (C=O) groups is 1. The van der Waals surface area contributed by atoms with Gasteiger partial charge in [-0.15, -0.1) is 0 Å². The lowest BCUT2D eigenvalue weighted by Crippen LogP contribution is -2.25. The predicted molar refractivity (Wildman–Crippen MR) is 115 cm³/mol. The van der Waals surface area contributed by atoms with E-state index in [9.17, 15) is 10.1 Å². The maximum Gasteiger partial charge on any atom is 0.237 e. The number of amides is 1. The molecule has 1 unspecified atom stereocenters. The van der Waals surface area contributed by atoms with E-state index in [0.29, 0.717) is 27.7 Å². The molecule has 2 aromatic rings. The molecule has 28 heavy (non-hydrogen) atoms. The highest BCUT2D eigenvalue weighted by molar-refractivity contribution is 8.00. The quantitative estimate of drug-likeness (QED) is 0.504. The summed E-state index contributed by atoms with van der Waals surface area (Å²) in [5.74, 6) is -0.104. The van der Waals surface area contributed by atoms with Crippen LogP contribution in [0.25, 0.3) is 0 Å². The lowest BCUT2D eigenvalue weighted by Gasteiger charge is -2.17. The van der Waals surface area contributed by atoms with Gasteiger partial charge in [-0.25, -0.2) is 4.98 Å². The number of rotatable bonds is 5. The van der Waals surface area contributed by atoms with Gasteiger partial charge in [0, 0.05) is 16.4 Å². The lowest BCUT2D eigenvalue weighted by molar-refractivity contribution is -0.115. The normalized spacial score (nSPS) is 14.5. The van der Waals surface area contributed by atoms with Crippen molar-refractivity contribution in [3.05, 3.63) is 51.7 Å². The van der Waals surface area contributed by atoms with Crippen LogP contribution in [0.3, 0.4) is 0 Å². The fourth-order valence-corrected chi connectivity index (χ4v) is 4.49. The monoisotopic (exact) mass is 413 g/mol. The SMILES string of the molecule is CCC(Sc1nc2c(cc1C#N)CCCCC2)C(=O)Nc1ccc(C)c(Cl)c1. The molecule has 0 radical (unpaired) electrons. The highest BCUT2D eigenvalue weighted by atomic mass is 35.5. The van der Waals surface area contributed by atoms with Crippen molar-refractivity contribution >= 4 is 35.0 Å². The van der Waals surface area contributed by atoms with Crippen molar-refractivity contribution in [1.82, 2.24) is 4.98 Å². The highest BCUT2D eigenvalue weighted by Crippen LogP contribution is 2.31. The fraction of sp³-hybridized carbons (Fsp3) is 0.409. The number of nitrogens with one attached hydrogen (secondary N) is 1. The number of aromatic nitrogens is 1.